The van der Waals surface area contributed by atoms with Gasteiger partial charge >= 0.3 is 0 Å². The maximum atomic E-state index is 13.4. The second-order valence-electron chi connectivity index (χ2n) is 7.93. The molecule has 0 unspecified atom stereocenters. The molecule has 26 heavy (non-hydrogen) atoms. The highest BCUT2D eigenvalue weighted by atomic mass is 16.2. The van der Waals surface area contributed by atoms with Crippen molar-refractivity contribution in [2.75, 3.05) is 40.3 Å². The highest BCUT2D eigenvalue weighted by molar-refractivity contribution is 6.00. The Labute approximate surface area is 153 Å². The van der Waals surface area contributed by atoms with Crippen molar-refractivity contribution in [3.05, 3.63) is 35.5 Å². The Kier molecular flexibility index (Phi) is 4.03. The van der Waals surface area contributed by atoms with Crippen molar-refractivity contribution in [2.24, 2.45) is 0 Å². The monoisotopic (exact) mass is 355 g/mol. The van der Waals surface area contributed by atoms with Gasteiger partial charge in [-0.2, -0.15) is 0 Å². The van der Waals surface area contributed by atoms with Crippen LogP contribution in [0, 0.1) is 0 Å². The number of H-pyrrole nitrogens is 1. The van der Waals surface area contributed by atoms with Crippen LogP contribution in [0.5, 0.6) is 0 Å². The van der Waals surface area contributed by atoms with Gasteiger partial charge in [0.1, 0.15) is 0 Å². The summed E-state index contributed by atoms with van der Waals surface area (Å²) in [5.41, 5.74) is 2.19. The summed E-state index contributed by atoms with van der Waals surface area (Å²) >= 11 is 0. The van der Waals surface area contributed by atoms with Gasteiger partial charge in [-0.05, 0) is 25.0 Å². The average molecular weight is 355 g/mol. The summed E-state index contributed by atoms with van der Waals surface area (Å²) in [5, 5.41) is 1.16. The molecule has 138 valence electrons. The van der Waals surface area contributed by atoms with Gasteiger partial charge in [0.15, 0.2) is 5.54 Å². The van der Waals surface area contributed by atoms with Crippen LogP contribution in [0.3, 0.4) is 0 Å². The number of quaternary nitrogens is 1. The van der Waals surface area contributed by atoms with E-state index >= 15 is 0 Å². The second-order valence-corrected chi connectivity index (χ2v) is 7.93. The number of carbonyl (C=O) groups is 2. The van der Waals surface area contributed by atoms with E-state index in [1.54, 1.807) is 9.80 Å². The van der Waals surface area contributed by atoms with E-state index in [1.807, 2.05) is 25.1 Å². The van der Waals surface area contributed by atoms with Crippen molar-refractivity contribution >= 4 is 22.7 Å². The fourth-order valence-electron chi connectivity index (χ4n) is 4.49. The van der Waals surface area contributed by atoms with Crippen molar-refractivity contribution in [3.8, 4) is 0 Å². The number of fused-ring (bicyclic) bond motifs is 5. The molecule has 1 aromatic carbocycles. The molecular formula is C20H27N4O2+. The van der Waals surface area contributed by atoms with E-state index < -0.39 is 5.54 Å². The first kappa shape index (κ1) is 17.1. The number of amides is 2. The minimum absolute atomic E-state index is 0.0402. The molecule has 1 saturated heterocycles. The first-order valence-electron chi connectivity index (χ1n) is 9.42. The van der Waals surface area contributed by atoms with Gasteiger partial charge in [0.2, 0.25) is 5.91 Å². The van der Waals surface area contributed by atoms with Gasteiger partial charge in [-0.3, -0.25) is 9.59 Å². The average Bonchev–Trinajstić information content (AvgIpc) is 2.99. The molecule has 2 aliphatic heterocycles. The molecule has 0 aliphatic carbocycles. The van der Waals surface area contributed by atoms with Gasteiger partial charge in [0.05, 0.1) is 32.9 Å². The largest absolute Gasteiger partial charge is 0.356 e. The molecule has 2 amide bonds. The molecule has 0 bridgehead atoms. The normalized spacial score (nSPS) is 22.9. The summed E-state index contributed by atoms with van der Waals surface area (Å²) in [6.07, 6.45) is 1.69. The second kappa shape index (κ2) is 6.13. The molecule has 4 rings (SSSR count). The Morgan fingerprint density at radius 1 is 1.23 bits per heavy atom. The molecule has 0 spiro atoms. The third kappa shape index (κ3) is 2.43. The van der Waals surface area contributed by atoms with Crippen LogP contribution in [-0.2, 0) is 21.5 Å². The molecular weight excluding hydrogens is 328 g/mol. The van der Waals surface area contributed by atoms with Gasteiger partial charge in [0.25, 0.3) is 5.91 Å². The lowest BCUT2D eigenvalue weighted by Crippen LogP contribution is -3.05. The third-order valence-corrected chi connectivity index (χ3v) is 5.86. The number of aromatic amines is 1. The maximum absolute atomic E-state index is 13.4. The standard InChI is InChI=1S/C20H26N4O2/c1-20-18-15(14-7-4-5-8-16(14)21-18)9-12-24(20)17(25)13-23(19(20)26)11-6-10-22(2)3/h4-5,7-8,21H,6,9-13H2,1-3H3/p+1/t20-/m0/s1. The lowest BCUT2D eigenvalue weighted by molar-refractivity contribution is -0.858. The van der Waals surface area contributed by atoms with Crippen LogP contribution in [0.15, 0.2) is 24.3 Å². The summed E-state index contributed by atoms with van der Waals surface area (Å²) in [6, 6.07) is 8.15. The van der Waals surface area contributed by atoms with Crippen LogP contribution < -0.4 is 4.90 Å². The Morgan fingerprint density at radius 2 is 2.00 bits per heavy atom. The molecule has 2 N–H and O–H groups in total. The summed E-state index contributed by atoms with van der Waals surface area (Å²) in [6.45, 7) is 4.33. The number of hydrogen-bond donors (Lipinski definition) is 2. The van der Waals surface area contributed by atoms with Crippen LogP contribution in [0.2, 0.25) is 0 Å². The van der Waals surface area contributed by atoms with Gasteiger partial charge in [-0.15, -0.1) is 0 Å². The Hall–Kier alpha value is -2.34. The Bertz CT molecular complexity index is 872. The number of nitrogens with zero attached hydrogens (tertiary/aromatic N) is 2. The fourth-order valence-corrected chi connectivity index (χ4v) is 4.49. The SMILES string of the molecule is C[NH+](C)CCCN1CC(=O)N2CCc3c([nH]c4ccccc34)[C@@]2(C)C1=O. The van der Waals surface area contributed by atoms with Crippen molar-refractivity contribution in [1.29, 1.82) is 0 Å². The topological polar surface area (TPSA) is 60.9 Å². The van der Waals surface area contributed by atoms with E-state index in [1.165, 1.54) is 10.5 Å². The van der Waals surface area contributed by atoms with E-state index in [2.05, 4.69) is 25.1 Å². The first-order chi connectivity index (χ1) is 12.4. The molecule has 1 aromatic heterocycles. The van der Waals surface area contributed by atoms with E-state index in [9.17, 15) is 9.59 Å². The number of rotatable bonds is 4. The third-order valence-electron chi connectivity index (χ3n) is 5.86. The molecule has 6 nitrogen and oxygen atoms in total. The molecule has 3 heterocycles. The minimum Gasteiger partial charge on any atom is -0.356 e. The maximum Gasteiger partial charge on any atom is 0.254 e. The molecule has 0 radical (unpaired) electrons. The first-order valence-corrected chi connectivity index (χ1v) is 9.42. The Balaban J connectivity index is 1.73. The number of benzene rings is 1. The number of nitrogens with one attached hydrogen (secondary N) is 2. The smallest absolute Gasteiger partial charge is 0.254 e. The minimum atomic E-state index is -0.924. The molecule has 1 fully saturated rings. The van der Waals surface area contributed by atoms with Crippen LogP contribution in [-0.4, -0.2) is 66.9 Å². The number of hydrogen-bond acceptors (Lipinski definition) is 2. The van der Waals surface area contributed by atoms with Gasteiger partial charge in [-0.1, -0.05) is 18.2 Å². The van der Waals surface area contributed by atoms with Crippen LogP contribution >= 0.6 is 0 Å². The molecule has 6 heteroatoms. The van der Waals surface area contributed by atoms with Crippen molar-refractivity contribution in [3.63, 3.8) is 0 Å². The number of carbonyl (C=O) groups excluding carboxylic acids is 2. The van der Waals surface area contributed by atoms with Crippen LogP contribution in [0.25, 0.3) is 10.9 Å². The summed E-state index contributed by atoms with van der Waals surface area (Å²) in [7, 11) is 4.20. The lowest BCUT2D eigenvalue weighted by atomic mass is 9.83. The predicted octanol–water partition coefficient (Wildman–Crippen LogP) is 0.145. The number of piperazine rings is 1. The van der Waals surface area contributed by atoms with Crippen LogP contribution in [0.4, 0.5) is 0 Å². The van der Waals surface area contributed by atoms with Crippen molar-refractivity contribution < 1.29 is 14.5 Å². The fraction of sp³-hybridized carbons (Fsp3) is 0.500. The van der Waals surface area contributed by atoms with Gasteiger partial charge in [-0.25, -0.2) is 0 Å². The van der Waals surface area contributed by atoms with Gasteiger partial charge < -0.3 is 19.7 Å². The van der Waals surface area contributed by atoms with Gasteiger partial charge in [0, 0.05) is 30.4 Å². The molecule has 2 aliphatic rings. The molecule has 1 atom stereocenters. The number of para-hydroxylation sites is 1. The summed E-state index contributed by atoms with van der Waals surface area (Å²) in [5.74, 6) is 0.0898. The van der Waals surface area contributed by atoms with Crippen molar-refractivity contribution in [2.45, 2.75) is 25.3 Å². The predicted molar refractivity (Wildman–Crippen MR) is 99.9 cm³/mol. The summed E-state index contributed by atoms with van der Waals surface area (Å²) in [4.78, 5) is 34.6. The van der Waals surface area contributed by atoms with E-state index in [0.29, 0.717) is 13.1 Å². The van der Waals surface area contributed by atoms with Crippen molar-refractivity contribution in [1.82, 2.24) is 14.8 Å². The Morgan fingerprint density at radius 3 is 2.77 bits per heavy atom. The zero-order chi connectivity index (χ0) is 18.5. The zero-order valence-corrected chi connectivity index (χ0v) is 15.8. The number of aromatic nitrogens is 1. The van der Waals surface area contributed by atoms with Crippen LogP contribution in [0.1, 0.15) is 24.6 Å². The quantitative estimate of drug-likeness (QED) is 0.820. The van der Waals surface area contributed by atoms with E-state index in [-0.39, 0.29) is 18.4 Å². The highest BCUT2D eigenvalue weighted by Gasteiger charge is 2.53. The lowest BCUT2D eigenvalue weighted by Gasteiger charge is -2.49. The zero-order valence-electron chi connectivity index (χ0n) is 15.8. The highest BCUT2D eigenvalue weighted by Crippen LogP contribution is 2.41. The summed E-state index contributed by atoms with van der Waals surface area (Å²) < 4.78 is 0. The molecule has 2 aromatic rings. The van der Waals surface area contributed by atoms with E-state index in [0.717, 1.165) is 36.0 Å². The van der Waals surface area contributed by atoms with E-state index in [4.69, 9.17) is 0 Å². The molecule has 0 saturated carbocycles.